The van der Waals surface area contributed by atoms with Gasteiger partial charge in [0.05, 0.1) is 17.9 Å². The summed E-state index contributed by atoms with van der Waals surface area (Å²) >= 11 is 0. The molecule has 1 aliphatic carbocycles. The predicted octanol–water partition coefficient (Wildman–Crippen LogP) is 3.17. The highest BCUT2D eigenvalue weighted by molar-refractivity contribution is 5.43. The van der Waals surface area contributed by atoms with Crippen molar-refractivity contribution in [3.05, 3.63) is 47.8 Å². The van der Waals surface area contributed by atoms with Crippen molar-refractivity contribution < 1.29 is 0 Å². The van der Waals surface area contributed by atoms with Gasteiger partial charge in [-0.2, -0.15) is 5.10 Å². The van der Waals surface area contributed by atoms with Crippen molar-refractivity contribution in [1.82, 2.24) is 9.78 Å². The van der Waals surface area contributed by atoms with Gasteiger partial charge in [0.1, 0.15) is 0 Å². The van der Waals surface area contributed by atoms with Crippen LogP contribution in [0.5, 0.6) is 0 Å². The highest BCUT2D eigenvalue weighted by Crippen LogP contribution is 2.35. The molecule has 0 radical (unpaired) electrons. The Bertz CT molecular complexity index is 510. The van der Waals surface area contributed by atoms with E-state index in [0.717, 1.165) is 17.9 Å². The van der Waals surface area contributed by atoms with Crippen LogP contribution in [0.4, 0.5) is 5.69 Å². The Balaban J connectivity index is 1.79. The average molecular weight is 241 g/mol. The average Bonchev–Trinajstić information content (AvgIpc) is 3.00. The maximum atomic E-state index is 6.09. The van der Waals surface area contributed by atoms with E-state index in [1.165, 1.54) is 31.2 Å². The molecule has 1 saturated carbocycles. The highest BCUT2D eigenvalue weighted by Gasteiger charge is 2.22. The first-order chi connectivity index (χ1) is 8.83. The van der Waals surface area contributed by atoms with Crippen LogP contribution in [-0.4, -0.2) is 9.78 Å². The number of nitrogens with two attached hydrogens (primary N) is 1. The van der Waals surface area contributed by atoms with Crippen molar-refractivity contribution in [2.75, 3.05) is 5.73 Å². The fourth-order valence-electron chi connectivity index (χ4n) is 2.82. The quantitative estimate of drug-likeness (QED) is 0.897. The zero-order valence-electron chi connectivity index (χ0n) is 10.5. The molecular weight excluding hydrogens is 222 g/mol. The fourth-order valence-corrected chi connectivity index (χ4v) is 2.82. The summed E-state index contributed by atoms with van der Waals surface area (Å²) in [7, 11) is 0. The SMILES string of the molecule is Nc1cn(Cc2ccccc2)nc1C1CCCC1. The summed E-state index contributed by atoms with van der Waals surface area (Å²) in [4.78, 5) is 0. The molecule has 1 fully saturated rings. The third-order valence-corrected chi connectivity index (χ3v) is 3.75. The first kappa shape index (κ1) is 11.3. The lowest BCUT2D eigenvalue weighted by Gasteiger charge is -2.05. The van der Waals surface area contributed by atoms with Gasteiger partial charge >= 0.3 is 0 Å². The summed E-state index contributed by atoms with van der Waals surface area (Å²) < 4.78 is 1.97. The smallest absolute Gasteiger partial charge is 0.0884 e. The van der Waals surface area contributed by atoms with E-state index in [2.05, 4.69) is 29.4 Å². The zero-order valence-corrected chi connectivity index (χ0v) is 10.5. The van der Waals surface area contributed by atoms with Crippen LogP contribution in [0.3, 0.4) is 0 Å². The van der Waals surface area contributed by atoms with Crippen LogP contribution < -0.4 is 5.73 Å². The molecule has 2 N–H and O–H groups in total. The number of benzene rings is 1. The standard InChI is InChI=1S/C15H19N3/c16-14-11-18(10-12-6-2-1-3-7-12)17-15(14)13-8-4-5-9-13/h1-3,6-7,11,13H,4-5,8-10,16H2. The maximum Gasteiger partial charge on any atom is 0.0884 e. The van der Waals surface area contributed by atoms with Gasteiger partial charge in [-0.05, 0) is 18.4 Å². The molecule has 0 atom stereocenters. The minimum atomic E-state index is 0.585. The summed E-state index contributed by atoms with van der Waals surface area (Å²) in [6.45, 7) is 0.803. The lowest BCUT2D eigenvalue weighted by Crippen LogP contribution is -2.02. The molecule has 1 aliphatic rings. The molecule has 18 heavy (non-hydrogen) atoms. The lowest BCUT2D eigenvalue weighted by molar-refractivity contribution is 0.629. The molecule has 1 aromatic heterocycles. The fraction of sp³-hybridized carbons (Fsp3) is 0.400. The minimum absolute atomic E-state index is 0.585. The topological polar surface area (TPSA) is 43.8 Å². The van der Waals surface area contributed by atoms with Gasteiger partial charge in [-0.15, -0.1) is 0 Å². The monoisotopic (exact) mass is 241 g/mol. The Morgan fingerprint density at radius 2 is 1.89 bits per heavy atom. The van der Waals surface area contributed by atoms with E-state index in [4.69, 9.17) is 5.73 Å². The van der Waals surface area contributed by atoms with Crippen molar-refractivity contribution in [2.45, 2.75) is 38.1 Å². The van der Waals surface area contributed by atoms with Gasteiger partial charge in [0.15, 0.2) is 0 Å². The summed E-state index contributed by atoms with van der Waals surface area (Å²) in [5, 5.41) is 4.68. The second-order valence-corrected chi connectivity index (χ2v) is 5.13. The number of nitrogens with zero attached hydrogens (tertiary/aromatic N) is 2. The number of aromatic nitrogens is 2. The van der Waals surface area contributed by atoms with E-state index in [1.807, 2.05) is 16.9 Å². The Labute approximate surface area is 108 Å². The predicted molar refractivity (Wildman–Crippen MR) is 73.4 cm³/mol. The third-order valence-electron chi connectivity index (χ3n) is 3.75. The molecule has 0 unspecified atom stereocenters. The van der Waals surface area contributed by atoms with Gasteiger partial charge in [0, 0.05) is 12.1 Å². The van der Waals surface area contributed by atoms with E-state index >= 15 is 0 Å². The molecule has 0 saturated heterocycles. The van der Waals surface area contributed by atoms with Crippen LogP contribution in [-0.2, 0) is 6.54 Å². The Hall–Kier alpha value is -1.77. The van der Waals surface area contributed by atoms with E-state index in [1.54, 1.807) is 0 Å². The summed E-state index contributed by atoms with van der Waals surface area (Å²) in [5.74, 6) is 0.585. The molecule has 0 aliphatic heterocycles. The van der Waals surface area contributed by atoms with Gasteiger partial charge in [-0.1, -0.05) is 43.2 Å². The van der Waals surface area contributed by atoms with E-state index in [0.29, 0.717) is 5.92 Å². The Kier molecular flexibility index (Phi) is 3.05. The van der Waals surface area contributed by atoms with Crippen LogP contribution in [0.25, 0.3) is 0 Å². The first-order valence-electron chi connectivity index (χ1n) is 6.69. The van der Waals surface area contributed by atoms with Crippen LogP contribution in [0.2, 0.25) is 0 Å². The van der Waals surface area contributed by atoms with Crippen molar-refractivity contribution in [3.63, 3.8) is 0 Å². The highest BCUT2D eigenvalue weighted by atomic mass is 15.3. The largest absolute Gasteiger partial charge is 0.396 e. The minimum Gasteiger partial charge on any atom is -0.396 e. The molecule has 0 amide bonds. The summed E-state index contributed by atoms with van der Waals surface area (Å²) in [6, 6.07) is 10.4. The molecule has 1 heterocycles. The number of anilines is 1. The second-order valence-electron chi connectivity index (χ2n) is 5.13. The van der Waals surface area contributed by atoms with E-state index in [-0.39, 0.29) is 0 Å². The van der Waals surface area contributed by atoms with Crippen molar-refractivity contribution in [3.8, 4) is 0 Å². The Morgan fingerprint density at radius 1 is 1.17 bits per heavy atom. The van der Waals surface area contributed by atoms with Gasteiger partial charge in [-0.25, -0.2) is 0 Å². The van der Waals surface area contributed by atoms with Crippen molar-refractivity contribution in [1.29, 1.82) is 0 Å². The van der Waals surface area contributed by atoms with E-state index in [9.17, 15) is 0 Å². The third kappa shape index (κ3) is 2.26. The molecule has 0 spiro atoms. The van der Waals surface area contributed by atoms with Gasteiger partial charge in [-0.3, -0.25) is 4.68 Å². The molecule has 1 aromatic carbocycles. The maximum absolute atomic E-state index is 6.09. The molecule has 3 rings (SSSR count). The summed E-state index contributed by atoms with van der Waals surface area (Å²) in [6.07, 6.45) is 7.09. The zero-order chi connectivity index (χ0) is 12.4. The number of hydrogen-bond acceptors (Lipinski definition) is 2. The van der Waals surface area contributed by atoms with Crippen LogP contribution >= 0.6 is 0 Å². The second kappa shape index (κ2) is 4.84. The molecule has 3 heteroatoms. The molecular formula is C15H19N3. The molecule has 2 aromatic rings. The van der Waals surface area contributed by atoms with Crippen LogP contribution in [0.1, 0.15) is 42.9 Å². The van der Waals surface area contributed by atoms with Crippen molar-refractivity contribution >= 4 is 5.69 Å². The van der Waals surface area contributed by atoms with Crippen LogP contribution in [0.15, 0.2) is 36.5 Å². The van der Waals surface area contributed by atoms with Crippen molar-refractivity contribution in [2.24, 2.45) is 0 Å². The number of hydrogen-bond donors (Lipinski definition) is 1. The number of rotatable bonds is 3. The first-order valence-corrected chi connectivity index (χ1v) is 6.69. The number of nitrogen functional groups attached to an aromatic ring is 1. The normalized spacial score (nSPS) is 16.2. The van der Waals surface area contributed by atoms with Gasteiger partial charge in [0.2, 0.25) is 0 Å². The lowest BCUT2D eigenvalue weighted by atomic mass is 10.0. The molecule has 94 valence electrons. The molecule has 0 bridgehead atoms. The van der Waals surface area contributed by atoms with E-state index < -0.39 is 0 Å². The Morgan fingerprint density at radius 3 is 2.61 bits per heavy atom. The van der Waals surface area contributed by atoms with Gasteiger partial charge < -0.3 is 5.73 Å². The van der Waals surface area contributed by atoms with Gasteiger partial charge in [0.25, 0.3) is 0 Å². The molecule has 3 nitrogen and oxygen atoms in total. The van der Waals surface area contributed by atoms with Crippen LogP contribution in [0, 0.1) is 0 Å². The summed E-state index contributed by atoms with van der Waals surface area (Å²) in [5.41, 5.74) is 9.33.